The highest BCUT2D eigenvalue weighted by atomic mass is 32.2. The highest BCUT2D eigenvalue weighted by molar-refractivity contribution is 7.89. The van der Waals surface area contributed by atoms with Crippen LogP contribution < -0.4 is 23.7 Å². The van der Waals surface area contributed by atoms with Crippen molar-refractivity contribution < 1.29 is 27.4 Å². The molecule has 0 amide bonds. The average Bonchev–Trinajstić information content (AvgIpc) is 2.65. The predicted octanol–water partition coefficient (Wildman–Crippen LogP) is 2.46. The van der Waals surface area contributed by atoms with Crippen LogP contribution in [0, 0.1) is 0 Å². The van der Waals surface area contributed by atoms with Crippen LogP contribution >= 0.6 is 0 Å². The lowest BCUT2D eigenvalue weighted by molar-refractivity contribution is 0.313. The zero-order valence-electron chi connectivity index (χ0n) is 15.0. The molecule has 0 aliphatic rings. The molecule has 2 aromatic carbocycles. The molecule has 0 radical (unpaired) electrons. The Hall–Kier alpha value is -2.45. The van der Waals surface area contributed by atoms with E-state index >= 15 is 0 Å². The summed E-state index contributed by atoms with van der Waals surface area (Å²) in [6.45, 7) is 2.74. The molecule has 0 fully saturated rings. The second-order valence-electron chi connectivity index (χ2n) is 5.17. The minimum Gasteiger partial charge on any atom is -0.497 e. The Morgan fingerprint density at radius 1 is 0.923 bits per heavy atom. The molecule has 0 unspecified atom stereocenters. The maximum absolute atomic E-state index is 12.5. The van der Waals surface area contributed by atoms with Crippen LogP contribution in [0.5, 0.6) is 23.0 Å². The van der Waals surface area contributed by atoms with Crippen LogP contribution in [0.1, 0.15) is 6.92 Å². The fourth-order valence-electron chi connectivity index (χ4n) is 2.24. The first-order chi connectivity index (χ1) is 12.5. The molecular weight excluding hydrogens is 358 g/mol. The largest absolute Gasteiger partial charge is 0.497 e. The normalized spacial score (nSPS) is 11.0. The molecule has 0 atom stereocenters. The quantitative estimate of drug-likeness (QED) is 0.637. The monoisotopic (exact) mass is 381 g/mol. The van der Waals surface area contributed by atoms with Crippen molar-refractivity contribution in [2.24, 2.45) is 0 Å². The summed E-state index contributed by atoms with van der Waals surface area (Å²) in [4.78, 5) is 0.0409. The molecule has 2 rings (SSSR count). The van der Waals surface area contributed by atoms with Gasteiger partial charge in [0, 0.05) is 18.7 Å². The summed E-state index contributed by atoms with van der Waals surface area (Å²) in [5.74, 6) is 2.03. The lowest BCUT2D eigenvalue weighted by Gasteiger charge is -2.12. The van der Waals surface area contributed by atoms with Gasteiger partial charge in [-0.1, -0.05) is 6.07 Å². The lowest BCUT2D eigenvalue weighted by atomic mass is 10.3. The highest BCUT2D eigenvalue weighted by Gasteiger charge is 2.19. The van der Waals surface area contributed by atoms with Gasteiger partial charge < -0.3 is 18.9 Å². The minimum atomic E-state index is -3.73. The zero-order valence-corrected chi connectivity index (χ0v) is 15.8. The highest BCUT2D eigenvalue weighted by Crippen LogP contribution is 2.28. The number of hydrogen-bond donors (Lipinski definition) is 1. The van der Waals surface area contributed by atoms with Gasteiger partial charge in [0.2, 0.25) is 10.0 Å². The fourth-order valence-corrected chi connectivity index (χ4v) is 3.40. The number of nitrogens with one attached hydrogen (secondary N) is 1. The van der Waals surface area contributed by atoms with E-state index in [0.717, 1.165) is 0 Å². The van der Waals surface area contributed by atoms with Gasteiger partial charge in [0.15, 0.2) is 0 Å². The van der Waals surface area contributed by atoms with Crippen molar-refractivity contribution >= 4 is 10.0 Å². The molecule has 0 bridgehead atoms. The minimum absolute atomic E-state index is 0.0409. The Kier molecular flexibility index (Phi) is 7.11. The standard InChI is InChI=1S/C18H23NO6S/c1-4-24-15-6-5-7-16(12-15)25-11-10-19-26(20,21)18-9-8-14(22-2)13-17(18)23-3/h5-9,12-13,19H,4,10-11H2,1-3H3. The first-order valence-electron chi connectivity index (χ1n) is 8.07. The molecule has 8 heteroatoms. The smallest absolute Gasteiger partial charge is 0.244 e. The van der Waals surface area contributed by atoms with Crippen molar-refractivity contribution in [1.29, 1.82) is 0 Å². The van der Waals surface area contributed by atoms with Gasteiger partial charge in [-0.25, -0.2) is 13.1 Å². The molecule has 2 aromatic rings. The van der Waals surface area contributed by atoms with Crippen LogP contribution in [0.15, 0.2) is 47.4 Å². The maximum Gasteiger partial charge on any atom is 0.244 e. The van der Waals surface area contributed by atoms with Gasteiger partial charge in [-0.15, -0.1) is 0 Å². The predicted molar refractivity (Wildman–Crippen MR) is 97.8 cm³/mol. The topological polar surface area (TPSA) is 83.1 Å². The molecule has 0 heterocycles. The van der Waals surface area contributed by atoms with Crippen molar-refractivity contribution in [3.8, 4) is 23.0 Å². The van der Waals surface area contributed by atoms with Gasteiger partial charge in [-0.05, 0) is 31.2 Å². The van der Waals surface area contributed by atoms with E-state index < -0.39 is 10.0 Å². The third-order valence-electron chi connectivity index (χ3n) is 3.44. The molecule has 0 saturated carbocycles. The third-order valence-corrected chi connectivity index (χ3v) is 4.94. The van der Waals surface area contributed by atoms with Gasteiger partial charge in [0.05, 0.1) is 20.8 Å². The molecule has 7 nitrogen and oxygen atoms in total. The van der Waals surface area contributed by atoms with Crippen molar-refractivity contribution in [1.82, 2.24) is 4.72 Å². The Bertz CT molecular complexity index is 822. The van der Waals surface area contributed by atoms with Crippen molar-refractivity contribution in [3.63, 3.8) is 0 Å². The van der Waals surface area contributed by atoms with Crippen LogP contribution in [0.25, 0.3) is 0 Å². The number of sulfonamides is 1. The van der Waals surface area contributed by atoms with E-state index in [1.54, 1.807) is 18.2 Å². The maximum atomic E-state index is 12.5. The van der Waals surface area contributed by atoms with Crippen molar-refractivity contribution in [3.05, 3.63) is 42.5 Å². The third kappa shape index (κ3) is 5.27. The summed E-state index contributed by atoms with van der Waals surface area (Å²) >= 11 is 0. The first-order valence-corrected chi connectivity index (χ1v) is 9.56. The molecule has 26 heavy (non-hydrogen) atoms. The Balaban J connectivity index is 1.95. The van der Waals surface area contributed by atoms with Crippen LogP contribution in [0.2, 0.25) is 0 Å². The average molecular weight is 381 g/mol. The Labute approximate surface area is 153 Å². The molecule has 0 spiro atoms. The lowest BCUT2D eigenvalue weighted by Crippen LogP contribution is -2.28. The summed E-state index contributed by atoms with van der Waals surface area (Å²) in [5.41, 5.74) is 0. The molecule has 0 saturated heterocycles. The van der Waals surface area contributed by atoms with E-state index in [4.69, 9.17) is 18.9 Å². The van der Waals surface area contributed by atoms with E-state index in [9.17, 15) is 8.42 Å². The molecule has 0 aromatic heterocycles. The number of hydrogen-bond acceptors (Lipinski definition) is 6. The van der Waals surface area contributed by atoms with Gasteiger partial charge in [0.1, 0.15) is 34.5 Å². The fraction of sp³-hybridized carbons (Fsp3) is 0.333. The van der Waals surface area contributed by atoms with Crippen LogP contribution in [0.3, 0.4) is 0 Å². The Morgan fingerprint density at radius 2 is 1.65 bits per heavy atom. The van der Waals surface area contributed by atoms with Gasteiger partial charge in [0.25, 0.3) is 0 Å². The summed E-state index contributed by atoms with van der Waals surface area (Å²) in [5, 5.41) is 0. The van der Waals surface area contributed by atoms with Gasteiger partial charge in [-0.2, -0.15) is 0 Å². The number of ether oxygens (including phenoxy) is 4. The molecule has 142 valence electrons. The van der Waals surface area contributed by atoms with Crippen LogP contribution in [0.4, 0.5) is 0 Å². The van der Waals surface area contributed by atoms with Gasteiger partial charge >= 0.3 is 0 Å². The molecule has 1 N–H and O–H groups in total. The van der Waals surface area contributed by atoms with Crippen molar-refractivity contribution in [2.45, 2.75) is 11.8 Å². The molecular formula is C18H23NO6S. The van der Waals surface area contributed by atoms with E-state index in [2.05, 4.69) is 4.72 Å². The molecule has 0 aliphatic heterocycles. The van der Waals surface area contributed by atoms with Gasteiger partial charge in [-0.3, -0.25) is 0 Å². The second kappa shape index (κ2) is 9.30. The summed E-state index contributed by atoms with van der Waals surface area (Å²) in [6, 6.07) is 11.7. The Morgan fingerprint density at radius 3 is 2.31 bits per heavy atom. The summed E-state index contributed by atoms with van der Waals surface area (Å²) < 4.78 is 48.6. The van der Waals surface area contributed by atoms with E-state index in [0.29, 0.717) is 23.9 Å². The van der Waals surface area contributed by atoms with E-state index in [-0.39, 0.29) is 23.8 Å². The van der Waals surface area contributed by atoms with E-state index in [1.807, 2.05) is 19.1 Å². The summed E-state index contributed by atoms with van der Waals surface area (Å²) in [7, 11) is -0.830. The van der Waals surface area contributed by atoms with E-state index in [1.165, 1.54) is 26.4 Å². The number of methoxy groups -OCH3 is 2. The molecule has 0 aliphatic carbocycles. The first kappa shape index (κ1) is 19.9. The second-order valence-corrected chi connectivity index (χ2v) is 6.91. The zero-order chi connectivity index (χ0) is 19.0. The van der Waals surface area contributed by atoms with Crippen LogP contribution in [-0.2, 0) is 10.0 Å². The van der Waals surface area contributed by atoms with Crippen LogP contribution in [-0.4, -0.2) is 42.4 Å². The summed E-state index contributed by atoms with van der Waals surface area (Å²) in [6.07, 6.45) is 0. The van der Waals surface area contributed by atoms with Crippen molar-refractivity contribution in [2.75, 3.05) is 34.0 Å². The SMILES string of the molecule is CCOc1cccc(OCCNS(=O)(=O)c2ccc(OC)cc2OC)c1. The number of benzene rings is 2. The number of rotatable bonds is 10.